The molecule has 0 spiro atoms. The summed E-state index contributed by atoms with van der Waals surface area (Å²) < 4.78 is 25.2. The summed E-state index contributed by atoms with van der Waals surface area (Å²) in [7, 11) is -3.52. The minimum atomic E-state index is -3.52. The van der Waals surface area contributed by atoms with Crippen LogP contribution in [0.3, 0.4) is 0 Å². The maximum Gasteiger partial charge on any atom is 0.251 e. The van der Waals surface area contributed by atoms with E-state index in [9.17, 15) is 13.2 Å². The third-order valence-electron chi connectivity index (χ3n) is 3.39. The Morgan fingerprint density at radius 2 is 1.76 bits per heavy atom. The van der Waals surface area contributed by atoms with E-state index < -0.39 is 10.0 Å². The van der Waals surface area contributed by atoms with Crippen molar-refractivity contribution in [3.8, 4) is 6.07 Å². The molecular weight excluding hydrogens is 362 g/mol. The van der Waals surface area contributed by atoms with Crippen molar-refractivity contribution in [2.24, 2.45) is 0 Å². The van der Waals surface area contributed by atoms with Gasteiger partial charge in [-0.2, -0.15) is 5.26 Å². The Labute approximate surface area is 151 Å². The molecule has 0 aliphatic heterocycles. The summed E-state index contributed by atoms with van der Waals surface area (Å²) in [5.74, 6) is -0.315. The van der Waals surface area contributed by atoms with Crippen molar-refractivity contribution in [3.05, 3.63) is 64.7 Å². The minimum Gasteiger partial charge on any atom is -0.350 e. The first-order valence-corrected chi connectivity index (χ1v) is 9.55. The van der Waals surface area contributed by atoms with Gasteiger partial charge in [-0.15, -0.1) is 0 Å². The fraction of sp³-hybridized carbons (Fsp3) is 0.176. The van der Waals surface area contributed by atoms with E-state index in [2.05, 4.69) is 5.32 Å². The Hall–Kier alpha value is -2.56. The average molecular weight is 378 g/mol. The van der Waals surface area contributed by atoms with Crippen molar-refractivity contribution in [2.45, 2.75) is 0 Å². The highest BCUT2D eigenvalue weighted by molar-refractivity contribution is 7.92. The van der Waals surface area contributed by atoms with Gasteiger partial charge in [0.15, 0.2) is 0 Å². The molecule has 0 bridgehead atoms. The summed E-state index contributed by atoms with van der Waals surface area (Å²) in [6.45, 7) is 0.207. The number of nitrogens with one attached hydrogen (secondary N) is 1. The van der Waals surface area contributed by atoms with Gasteiger partial charge in [-0.25, -0.2) is 8.42 Å². The topological polar surface area (TPSA) is 90.3 Å². The van der Waals surface area contributed by atoms with Crippen LogP contribution in [0.25, 0.3) is 0 Å². The van der Waals surface area contributed by atoms with E-state index in [1.807, 2.05) is 6.07 Å². The molecule has 0 aliphatic rings. The zero-order valence-corrected chi connectivity index (χ0v) is 15.0. The molecule has 0 aliphatic carbocycles. The second kappa shape index (κ2) is 8.01. The van der Waals surface area contributed by atoms with Crippen LogP contribution < -0.4 is 9.62 Å². The van der Waals surface area contributed by atoms with E-state index in [4.69, 9.17) is 16.9 Å². The SMILES string of the molecule is CS(=O)(=O)N(CCNC(=O)c1ccc(Cl)cc1)c1ccc(C#N)cc1. The van der Waals surface area contributed by atoms with Gasteiger partial charge in [-0.05, 0) is 48.5 Å². The number of halogens is 1. The smallest absolute Gasteiger partial charge is 0.251 e. The molecule has 2 aromatic carbocycles. The molecule has 1 amide bonds. The fourth-order valence-corrected chi connectivity index (χ4v) is 3.22. The van der Waals surface area contributed by atoms with Crippen molar-refractivity contribution >= 4 is 33.2 Å². The van der Waals surface area contributed by atoms with Crippen LogP contribution in [-0.2, 0) is 10.0 Å². The maximum absolute atomic E-state index is 12.0. The Kier molecular flexibility index (Phi) is 6.02. The molecule has 0 aromatic heterocycles. The van der Waals surface area contributed by atoms with E-state index in [0.717, 1.165) is 6.26 Å². The molecular formula is C17H16ClN3O3S. The first-order valence-electron chi connectivity index (χ1n) is 7.33. The lowest BCUT2D eigenvalue weighted by Gasteiger charge is -2.22. The Bertz CT molecular complexity index is 888. The lowest BCUT2D eigenvalue weighted by Crippen LogP contribution is -2.38. The number of carbonyl (C=O) groups is 1. The predicted molar refractivity (Wildman–Crippen MR) is 97.1 cm³/mol. The third kappa shape index (κ3) is 5.21. The molecule has 2 rings (SSSR count). The van der Waals surface area contributed by atoms with E-state index in [1.54, 1.807) is 48.5 Å². The van der Waals surface area contributed by atoms with Crippen molar-refractivity contribution in [3.63, 3.8) is 0 Å². The van der Waals surface area contributed by atoms with Gasteiger partial charge in [0.25, 0.3) is 5.91 Å². The van der Waals surface area contributed by atoms with Crippen LogP contribution in [0.15, 0.2) is 48.5 Å². The molecule has 6 nitrogen and oxygen atoms in total. The van der Waals surface area contributed by atoms with Crippen LogP contribution in [0, 0.1) is 11.3 Å². The minimum absolute atomic E-state index is 0.0735. The van der Waals surface area contributed by atoms with Gasteiger partial charge in [-0.1, -0.05) is 11.6 Å². The second-order valence-corrected chi connectivity index (χ2v) is 7.60. The Morgan fingerprint density at radius 1 is 1.16 bits per heavy atom. The average Bonchev–Trinajstić information content (AvgIpc) is 2.58. The van der Waals surface area contributed by atoms with Crippen LogP contribution in [0.4, 0.5) is 5.69 Å². The number of nitrogens with zero attached hydrogens (tertiary/aromatic N) is 2. The number of benzene rings is 2. The lowest BCUT2D eigenvalue weighted by molar-refractivity contribution is 0.0955. The largest absolute Gasteiger partial charge is 0.350 e. The van der Waals surface area contributed by atoms with E-state index in [-0.39, 0.29) is 19.0 Å². The highest BCUT2D eigenvalue weighted by Gasteiger charge is 2.17. The van der Waals surface area contributed by atoms with E-state index in [1.165, 1.54) is 4.31 Å². The standard InChI is InChI=1S/C17H16ClN3O3S/c1-25(23,24)21(16-8-2-13(12-19)3-9-16)11-10-20-17(22)14-4-6-15(18)7-5-14/h2-9H,10-11H2,1H3,(H,20,22). The monoisotopic (exact) mass is 377 g/mol. The van der Waals surface area contributed by atoms with Gasteiger partial charge in [0, 0.05) is 17.1 Å². The number of hydrogen-bond donors (Lipinski definition) is 1. The molecule has 1 N–H and O–H groups in total. The molecule has 25 heavy (non-hydrogen) atoms. The number of sulfonamides is 1. The van der Waals surface area contributed by atoms with E-state index >= 15 is 0 Å². The summed E-state index contributed by atoms with van der Waals surface area (Å²) in [4.78, 5) is 12.0. The van der Waals surface area contributed by atoms with Crippen molar-refractivity contribution in [1.82, 2.24) is 5.32 Å². The van der Waals surface area contributed by atoms with Gasteiger partial charge in [0.2, 0.25) is 10.0 Å². The Balaban J connectivity index is 2.04. The van der Waals surface area contributed by atoms with Crippen LogP contribution in [0.5, 0.6) is 0 Å². The number of anilines is 1. The number of carbonyl (C=O) groups excluding carboxylic acids is 1. The molecule has 0 radical (unpaired) electrons. The lowest BCUT2D eigenvalue weighted by atomic mass is 10.2. The van der Waals surface area contributed by atoms with Crippen LogP contribution in [-0.4, -0.2) is 33.7 Å². The molecule has 0 fully saturated rings. The fourth-order valence-electron chi connectivity index (χ4n) is 2.16. The first-order chi connectivity index (χ1) is 11.8. The summed E-state index contributed by atoms with van der Waals surface area (Å²) >= 11 is 5.78. The van der Waals surface area contributed by atoms with Crippen molar-refractivity contribution in [1.29, 1.82) is 5.26 Å². The van der Waals surface area contributed by atoms with Gasteiger partial charge in [0.05, 0.1) is 30.1 Å². The molecule has 130 valence electrons. The highest BCUT2D eigenvalue weighted by Crippen LogP contribution is 2.17. The maximum atomic E-state index is 12.0. The quantitative estimate of drug-likeness (QED) is 0.836. The highest BCUT2D eigenvalue weighted by atomic mass is 35.5. The van der Waals surface area contributed by atoms with Gasteiger partial charge < -0.3 is 5.32 Å². The normalized spacial score (nSPS) is 10.8. The van der Waals surface area contributed by atoms with Crippen LogP contribution in [0.1, 0.15) is 15.9 Å². The van der Waals surface area contributed by atoms with Crippen LogP contribution >= 0.6 is 11.6 Å². The molecule has 0 saturated heterocycles. The summed E-state index contributed by atoms with van der Waals surface area (Å²) in [6.07, 6.45) is 1.09. The summed E-state index contributed by atoms with van der Waals surface area (Å²) in [6, 6.07) is 14.6. The van der Waals surface area contributed by atoms with Gasteiger partial charge in [0.1, 0.15) is 0 Å². The van der Waals surface area contributed by atoms with Gasteiger partial charge >= 0.3 is 0 Å². The molecule has 8 heteroatoms. The first kappa shape index (κ1) is 18.8. The summed E-state index contributed by atoms with van der Waals surface area (Å²) in [5, 5.41) is 12.0. The zero-order valence-electron chi connectivity index (χ0n) is 13.4. The van der Waals surface area contributed by atoms with Crippen molar-refractivity contribution < 1.29 is 13.2 Å². The second-order valence-electron chi connectivity index (χ2n) is 5.26. The van der Waals surface area contributed by atoms with Crippen LogP contribution in [0.2, 0.25) is 5.02 Å². The molecule has 0 saturated carbocycles. The molecule has 0 heterocycles. The summed E-state index contributed by atoms with van der Waals surface area (Å²) in [5.41, 5.74) is 1.31. The number of nitriles is 1. The molecule has 2 aromatic rings. The number of rotatable bonds is 6. The molecule has 0 unspecified atom stereocenters. The molecule has 0 atom stereocenters. The Morgan fingerprint density at radius 3 is 2.28 bits per heavy atom. The van der Waals surface area contributed by atoms with Gasteiger partial charge in [-0.3, -0.25) is 9.10 Å². The van der Waals surface area contributed by atoms with E-state index in [0.29, 0.717) is 21.8 Å². The van der Waals surface area contributed by atoms with Crippen molar-refractivity contribution in [2.75, 3.05) is 23.7 Å². The zero-order chi connectivity index (χ0) is 18.4. The number of hydrogen-bond acceptors (Lipinski definition) is 4. The number of amides is 1. The third-order valence-corrected chi connectivity index (χ3v) is 4.84. The predicted octanol–water partition coefficient (Wildman–Crippen LogP) is 2.41.